The van der Waals surface area contributed by atoms with Crippen LogP contribution < -0.4 is 5.73 Å². The number of carbonyl (C=O) groups excluding carboxylic acids is 1. The highest BCUT2D eigenvalue weighted by Crippen LogP contribution is 2.39. The monoisotopic (exact) mass is 268 g/mol. The smallest absolute Gasteiger partial charge is 0.402 e. The lowest BCUT2D eigenvalue weighted by atomic mass is 9.76. The largest absolute Gasteiger partial charge is 0.482 e. The molecule has 0 aromatic heterocycles. The van der Waals surface area contributed by atoms with Crippen molar-refractivity contribution in [3.63, 3.8) is 0 Å². The minimum Gasteiger partial charge on any atom is -0.402 e. The first kappa shape index (κ1) is 14.8. The number of likely N-dealkylation sites (tertiary alicyclic amines) is 1. The molecule has 2 aliphatic heterocycles. The molecule has 2 atom stereocenters. The van der Waals surface area contributed by atoms with Gasteiger partial charge in [-0.1, -0.05) is 0 Å². The molecular formula is C13H25BN2O3. The van der Waals surface area contributed by atoms with Crippen molar-refractivity contribution in [3.8, 4) is 0 Å². The van der Waals surface area contributed by atoms with Crippen LogP contribution in [0.1, 0.15) is 47.5 Å². The number of hydrogen-bond acceptors (Lipinski definition) is 4. The summed E-state index contributed by atoms with van der Waals surface area (Å²) >= 11 is 0. The molecule has 0 aliphatic carbocycles. The summed E-state index contributed by atoms with van der Waals surface area (Å²) in [7, 11) is -0.352. The van der Waals surface area contributed by atoms with Gasteiger partial charge in [0.1, 0.15) is 0 Å². The van der Waals surface area contributed by atoms with Crippen molar-refractivity contribution >= 4 is 13.0 Å². The van der Waals surface area contributed by atoms with Gasteiger partial charge in [-0.15, -0.1) is 0 Å². The Kier molecular flexibility index (Phi) is 3.71. The summed E-state index contributed by atoms with van der Waals surface area (Å²) in [6.07, 6.45) is 1.89. The second-order valence-corrected chi connectivity index (χ2v) is 6.65. The summed E-state index contributed by atoms with van der Waals surface area (Å²) in [5, 5.41) is 0. The molecule has 2 aliphatic rings. The van der Waals surface area contributed by atoms with Crippen LogP contribution in [-0.4, -0.2) is 47.7 Å². The van der Waals surface area contributed by atoms with E-state index in [1.54, 1.807) is 6.92 Å². The molecule has 0 radical (unpaired) electrons. The lowest BCUT2D eigenvalue weighted by molar-refractivity contribution is -0.132. The Morgan fingerprint density at radius 1 is 1.32 bits per heavy atom. The van der Waals surface area contributed by atoms with Crippen LogP contribution in [0.5, 0.6) is 0 Å². The molecule has 6 heteroatoms. The third kappa shape index (κ3) is 2.53. The summed E-state index contributed by atoms with van der Waals surface area (Å²) < 4.78 is 12.1. The van der Waals surface area contributed by atoms with E-state index < -0.39 is 6.04 Å². The van der Waals surface area contributed by atoms with Gasteiger partial charge in [0.2, 0.25) is 5.91 Å². The normalized spacial score (nSPS) is 30.7. The van der Waals surface area contributed by atoms with Crippen molar-refractivity contribution in [2.24, 2.45) is 5.73 Å². The van der Waals surface area contributed by atoms with Gasteiger partial charge in [-0.05, 0) is 47.5 Å². The summed E-state index contributed by atoms with van der Waals surface area (Å²) in [6, 6.07) is -0.469. The first-order chi connectivity index (χ1) is 8.66. The SMILES string of the molecule is C[C@@H](N)C(=O)N1CCCC1B1OC(C)(C)C(C)(C)O1. The van der Waals surface area contributed by atoms with E-state index in [2.05, 4.69) is 0 Å². The minimum absolute atomic E-state index is 0.0143. The highest BCUT2D eigenvalue weighted by Gasteiger charge is 2.56. The van der Waals surface area contributed by atoms with E-state index in [0.29, 0.717) is 0 Å². The average Bonchev–Trinajstić information content (AvgIpc) is 2.81. The molecule has 2 fully saturated rings. The number of hydrogen-bond donors (Lipinski definition) is 1. The molecule has 0 aromatic carbocycles. The van der Waals surface area contributed by atoms with Gasteiger partial charge in [0.05, 0.1) is 23.2 Å². The Labute approximate surface area is 115 Å². The summed E-state index contributed by atoms with van der Waals surface area (Å²) in [5.74, 6) is -0.0308. The van der Waals surface area contributed by atoms with E-state index in [1.807, 2.05) is 32.6 Å². The van der Waals surface area contributed by atoms with Gasteiger partial charge >= 0.3 is 7.12 Å². The van der Waals surface area contributed by atoms with Gasteiger partial charge in [-0.25, -0.2) is 0 Å². The van der Waals surface area contributed by atoms with Crippen molar-refractivity contribution in [3.05, 3.63) is 0 Å². The minimum atomic E-state index is -0.469. The third-order valence-corrected chi connectivity index (χ3v) is 4.56. The molecule has 108 valence electrons. The number of rotatable bonds is 2. The summed E-state index contributed by atoms with van der Waals surface area (Å²) in [6.45, 7) is 10.6. The standard InChI is InChI=1S/C13H25BN2O3/c1-9(15)11(17)16-8-6-7-10(16)14-18-12(2,3)13(4,5)19-14/h9-10H,6-8,15H2,1-5H3/t9-,10?/m1/s1. The Morgan fingerprint density at radius 3 is 2.32 bits per heavy atom. The zero-order valence-corrected chi connectivity index (χ0v) is 12.6. The molecule has 0 saturated carbocycles. The van der Waals surface area contributed by atoms with E-state index in [0.717, 1.165) is 19.4 Å². The first-order valence-electron chi connectivity index (χ1n) is 7.07. The Balaban J connectivity index is 2.13. The molecule has 2 rings (SSSR count). The van der Waals surface area contributed by atoms with Crippen molar-refractivity contribution in [1.29, 1.82) is 0 Å². The van der Waals surface area contributed by atoms with Crippen LogP contribution >= 0.6 is 0 Å². The van der Waals surface area contributed by atoms with Crippen molar-refractivity contribution < 1.29 is 14.1 Å². The zero-order valence-electron chi connectivity index (χ0n) is 12.6. The molecule has 2 N–H and O–H groups in total. The van der Waals surface area contributed by atoms with Gasteiger partial charge in [0.15, 0.2) is 0 Å². The topological polar surface area (TPSA) is 64.8 Å². The summed E-state index contributed by atoms with van der Waals surface area (Å²) in [4.78, 5) is 14.0. The second kappa shape index (κ2) is 4.75. The van der Waals surface area contributed by atoms with Gasteiger partial charge in [-0.2, -0.15) is 0 Å². The molecule has 0 bridgehead atoms. The number of amides is 1. The molecule has 19 heavy (non-hydrogen) atoms. The lowest BCUT2D eigenvalue weighted by Crippen LogP contribution is -2.51. The highest BCUT2D eigenvalue weighted by molar-refractivity contribution is 6.48. The van der Waals surface area contributed by atoms with Gasteiger partial charge in [0, 0.05) is 6.54 Å². The average molecular weight is 268 g/mol. The van der Waals surface area contributed by atoms with E-state index in [9.17, 15) is 4.79 Å². The van der Waals surface area contributed by atoms with E-state index in [4.69, 9.17) is 15.0 Å². The molecule has 1 unspecified atom stereocenters. The van der Waals surface area contributed by atoms with E-state index in [-0.39, 0.29) is 30.2 Å². The van der Waals surface area contributed by atoms with Gasteiger partial charge in [0.25, 0.3) is 0 Å². The van der Waals surface area contributed by atoms with Crippen molar-refractivity contribution in [2.75, 3.05) is 6.54 Å². The molecule has 2 saturated heterocycles. The third-order valence-electron chi connectivity index (χ3n) is 4.56. The Hall–Kier alpha value is -0.585. The number of nitrogens with two attached hydrogens (primary N) is 1. The van der Waals surface area contributed by atoms with Gasteiger partial charge < -0.3 is 19.9 Å². The van der Waals surface area contributed by atoms with Crippen LogP contribution in [0.4, 0.5) is 0 Å². The van der Waals surface area contributed by atoms with Crippen molar-refractivity contribution in [1.82, 2.24) is 4.90 Å². The first-order valence-corrected chi connectivity index (χ1v) is 7.07. The second-order valence-electron chi connectivity index (χ2n) is 6.65. The van der Waals surface area contributed by atoms with Crippen LogP contribution in [0, 0.1) is 0 Å². The number of nitrogens with zero attached hydrogens (tertiary/aromatic N) is 1. The predicted octanol–water partition coefficient (Wildman–Crippen LogP) is 0.956. The maximum atomic E-state index is 12.1. The molecule has 1 amide bonds. The molecule has 0 spiro atoms. The van der Waals surface area contributed by atoms with E-state index >= 15 is 0 Å². The van der Waals surface area contributed by atoms with Crippen LogP contribution in [0.3, 0.4) is 0 Å². The molecular weight excluding hydrogens is 243 g/mol. The maximum absolute atomic E-state index is 12.1. The Bertz CT molecular complexity index is 355. The van der Waals surface area contributed by atoms with Crippen LogP contribution in [-0.2, 0) is 14.1 Å². The molecule has 0 aromatic rings. The zero-order chi connectivity index (χ0) is 14.4. The quantitative estimate of drug-likeness (QED) is 0.757. The Morgan fingerprint density at radius 2 is 1.84 bits per heavy atom. The lowest BCUT2D eigenvalue weighted by Gasteiger charge is -2.32. The highest BCUT2D eigenvalue weighted by atomic mass is 16.7. The predicted molar refractivity (Wildman–Crippen MR) is 74.5 cm³/mol. The van der Waals surface area contributed by atoms with Crippen LogP contribution in [0.15, 0.2) is 0 Å². The van der Waals surface area contributed by atoms with Crippen LogP contribution in [0.2, 0.25) is 0 Å². The number of carbonyl (C=O) groups is 1. The van der Waals surface area contributed by atoms with E-state index in [1.165, 1.54) is 0 Å². The fourth-order valence-electron chi connectivity index (χ4n) is 2.66. The fourth-order valence-corrected chi connectivity index (χ4v) is 2.66. The summed E-state index contributed by atoms with van der Waals surface area (Å²) in [5.41, 5.74) is 4.99. The fraction of sp³-hybridized carbons (Fsp3) is 0.923. The molecule has 5 nitrogen and oxygen atoms in total. The van der Waals surface area contributed by atoms with Crippen molar-refractivity contribution in [2.45, 2.75) is 70.6 Å². The van der Waals surface area contributed by atoms with Gasteiger partial charge in [-0.3, -0.25) is 4.79 Å². The van der Waals surface area contributed by atoms with Crippen LogP contribution in [0.25, 0.3) is 0 Å². The maximum Gasteiger partial charge on any atom is 0.482 e. The molecule has 2 heterocycles.